The molecule has 1 aromatic carbocycles. The van der Waals surface area contributed by atoms with Crippen molar-refractivity contribution in [2.75, 3.05) is 0 Å². The van der Waals surface area contributed by atoms with Gasteiger partial charge in [0.2, 0.25) is 5.91 Å². The van der Waals surface area contributed by atoms with Crippen molar-refractivity contribution in [2.45, 2.75) is 26.4 Å². The van der Waals surface area contributed by atoms with Crippen LogP contribution in [-0.4, -0.2) is 10.5 Å². The number of thiazole rings is 1. The molecule has 0 unspecified atom stereocenters. The quantitative estimate of drug-likeness (QED) is 0.940. The number of hydrogen-bond donors (Lipinski definition) is 1. The smallest absolute Gasteiger partial charge is 0.307 e. The summed E-state index contributed by atoms with van der Waals surface area (Å²) in [7, 11) is 0. The van der Waals surface area contributed by atoms with Crippen LogP contribution < -0.4 is 10.2 Å². The molecule has 106 valence electrons. The van der Waals surface area contributed by atoms with Crippen molar-refractivity contribution in [3.05, 3.63) is 56.4 Å². The third-order valence-corrected chi connectivity index (χ3v) is 3.91. The first-order chi connectivity index (χ1) is 9.49. The van der Waals surface area contributed by atoms with Crippen molar-refractivity contribution in [3.8, 4) is 0 Å². The summed E-state index contributed by atoms with van der Waals surface area (Å²) in [6, 6.07) is 5.85. The lowest BCUT2D eigenvalue weighted by atomic mass is 10.1. The molecule has 1 N–H and O–H groups in total. The van der Waals surface area contributed by atoms with Crippen LogP contribution in [0.3, 0.4) is 0 Å². The lowest BCUT2D eigenvalue weighted by Gasteiger charge is -2.15. The Morgan fingerprint density at radius 2 is 2.15 bits per heavy atom. The molecule has 2 aromatic rings. The maximum atomic E-state index is 13.6. The molecular formula is C14H15FN2O2S. The molecule has 20 heavy (non-hydrogen) atoms. The number of aromatic nitrogens is 1. The Morgan fingerprint density at radius 1 is 1.45 bits per heavy atom. The van der Waals surface area contributed by atoms with Gasteiger partial charge in [-0.25, -0.2) is 4.39 Å². The van der Waals surface area contributed by atoms with Gasteiger partial charge in [-0.05, 0) is 19.9 Å². The third-order valence-electron chi connectivity index (χ3n) is 3.03. The molecule has 0 spiro atoms. The minimum Gasteiger partial charge on any atom is -0.348 e. The highest BCUT2D eigenvalue weighted by Crippen LogP contribution is 2.15. The molecule has 0 aliphatic heterocycles. The summed E-state index contributed by atoms with van der Waals surface area (Å²) < 4.78 is 15.0. The largest absolute Gasteiger partial charge is 0.348 e. The number of amides is 1. The van der Waals surface area contributed by atoms with Crippen LogP contribution in [0, 0.1) is 12.7 Å². The summed E-state index contributed by atoms with van der Waals surface area (Å²) in [6.07, 6.45) is 0. The summed E-state index contributed by atoms with van der Waals surface area (Å²) in [5.41, 5.74) is 1.17. The van der Waals surface area contributed by atoms with Crippen LogP contribution in [-0.2, 0) is 11.3 Å². The first kappa shape index (κ1) is 14.5. The molecule has 0 aliphatic rings. The molecule has 0 fully saturated rings. The standard InChI is InChI=1S/C14H15FN2O2S/c1-9-8-20-14(19)17(9)7-13(18)16-10(2)11-5-3-4-6-12(11)15/h3-6,8,10H,7H2,1-2H3,(H,16,18)/t10-/m0/s1. The first-order valence-corrected chi connectivity index (χ1v) is 7.05. The van der Waals surface area contributed by atoms with E-state index in [0.29, 0.717) is 5.56 Å². The second kappa shape index (κ2) is 6.00. The van der Waals surface area contributed by atoms with E-state index in [2.05, 4.69) is 5.32 Å². The third kappa shape index (κ3) is 3.14. The van der Waals surface area contributed by atoms with Gasteiger partial charge in [-0.15, -0.1) is 0 Å². The van der Waals surface area contributed by atoms with E-state index in [0.717, 1.165) is 17.0 Å². The van der Waals surface area contributed by atoms with Crippen LogP contribution in [0.1, 0.15) is 24.2 Å². The number of aryl methyl sites for hydroxylation is 1. The zero-order chi connectivity index (χ0) is 14.7. The molecule has 0 saturated carbocycles. The second-order valence-electron chi connectivity index (χ2n) is 4.54. The van der Waals surface area contributed by atoms with E-state index in [1.54, 1.807) is 37.4 Å². The maximum absolute atomic E-state index is 13.6. The molecular weight excluding hydrogens is 279 g/mol. The number of carbonyl (C=O) groups excluding carboxylic acids is 1. The van der Waals surface area contributed by atoms with Crippen LogP contribution >= 0.6 is 11.3 Å². The Kier molecular flexibility index (Phi) is 4.34. The van der Waals surface area contributed by atoms with Gasteiger partial charge in [0.15, 0.2) is 0 Å². The van der Waals surface area contributed by atoms with E-state index in [9.17, 15) is 14.0 Å². The van der Waals surface area contributed by atoms with Crippen molar-refractivity contribution >= 4 is 17.2 Å². The van der Waals surface area contributed by atoms with Crippen LogP contribution in [0.25, 0.3) is 0 Å². The van der Waals surface area contributed by atoms with Gasteiger partial charge >= 0.3 is 4.87 Å². The zero-order valence-electron chi connectivity index (χ0n) is 11.2. The number of nitrogens with zero attached hydrogens (tertiary/aromatic N) is 1. The molecule has 0 aliphatic carbocycles. The van der Waals surface area contributed by atoms with Gasteiger partial charge in [0.1, 0.15) is 12.4 Å². The Morgan fingerprint density at radius 3 is 2.75 bits per heavy atom. The van der Waals surface area contributed by atoms with E-state index >= 15 is 0 Å². The molecule has 4 nitrogen and oxygen atoms in total. The predicted molar refractivity (Wildman–Crippen MR) is 76.3 cm³/mol. The normalized spacial score (nSPS) is 12.2. The molecule has 2 rings (SSSR count). The van der Waals surface area contributed by atoms with Gasteiger partial charge in [0.05, 0.1) is 6.04 Å². The van der Waals surface area contributed by atoms with Gasteiger partial charge in [-0.3, -0.25) is 14.2 Å². The number of halogens is 1. The Bertz CT molecular complexity index is 678. The Hall–Kier alpha value is -1.95. The summed E-state index contributed by atoms with van der Waals surface area (Å²) in [5.74, 6) is -0.673. The molecule has 1 atom stereocenters. The fourth-order valence-electron chi connectivity index (χ4n) is 1.93. The maximum Gasteiger partial charge on any atom is 0.307 e. The van der Waals surface area contributed by atoms with Crippen molar-refractivity contribution < 1.29 is 9.18 Å². The van der Waals surface area contributed by atoms with Crippen molar-refractivity contribution in [2.24, 2.45) is 0 Å². The molecule has 1 heterocycles. The minimum absolute atomic E-state index is 0.0487. The van der Waals surface area contributed by atoms with E-state index in [-0.39, 0.29) is 23.1 Å². The molecule has 1 aromatic heterocycles. The molecule has 6 heteroatoms. The summed E-state index contributed by atoms with van der Waals surface area (Å²) in [4.78, 5) is 23.3. The average molecular weight is 294 g/mol. The average Bonchev–Trinajstić information content (AvgIpc) is 2.71. The Labute approximate surface area is 119 Å². The predicted octanol–water partition coefficient (Wildman–Crippen LogP) is 2.23. The number of hydrogen-bond acceptors (Lipinski definition) is 3. The lowest BCUT2D eigenvalue weighted by molar-refractivity contribution is -0.122. The van der Waals surface area contributed by atoms with Crippen molar-refractivity contribution in [3.63, 3.8) is 0 Å². The van der Waals surface area contributed by atoms with Crippen molar-refractivity contribution in [1.29, 1.82) is 0 Å². The van der Waals surface area contributed by atoms with Gasteiger partial charge in [-0.1, -0.05) is 29.5 Å². The summed E-state index contributed by atoms with van der Waals surface area (Å²) >= 11 is 1.06. The van der Waals surface area contributed by atoms with Crippen LogP contribution in [0.5, 0.6) is 0 Å². The molecule has 0 saturated heterocycles. The van der Waals surface area contributed by atoms with E-state index in [4.69, 9.17) is 0 Å². The highest BCUT2D eigenvalue weighted by molar-refractivity contribution is 7.07. The Balaban J connectivity index is 2.05. The second-order valence-corrected chi connectivity index (χ2v) is 5.36. The number of benzene rings is 1. The molecule has 1 amide bonds. The van der Waals surface area contributed by atoms with Gasteiger partial charge in [0.25, 0.3) is 0 Å². The molecule has 0 radical (unpaired) electrons. The minimum atomic E-state index is -0.446. The van der Waals surface area contributed by atoms with E-state index < -0.39 is 6.04 Å². The van der Waals surface area contributed by atoms with Gasteiger partial charge in [0, 0.05) is 16.6 Å². The van der Waals surface area contributed by atoms with Crippen molar-refractivity contribution in [1.82, 2.24) is 9.88 Å². The van der Waals surface area contributed by atoms with E-state index in [1.807, 2.05) is 0 Å². The van der Waals surface area contributed by atoms with Crippen LogP contribution in [0.2, 0.25) is 0 Å². The number of nitrogens with one attached hydrogen (secondary N) is 1. The fourth-order valence-corrected chi connectivity index (χ4v) is 2.67. The van der Waals surface area contributed by atoms with Gasteiger partial charge in [-0.2, -0.15) is 0 Å². The fraction of sp³-hybridized carbons (Fsp3) is 0.286. The summed E-state index contributed by atoms with van der Waals surface area (Å²) in [5, 5.41) is 4.40. The topological polar surface area (TPSA) is 51.1 Å². The highest BCUT2D eigenvalue weighted by atomic mass is 32.1. The highest BCUT2D eigenvalue weighted by Gasteiger charge is 2.14. The molecule has 0 bridgehead atoms. The number of rotatable bonds is 4. The van der Waals surface area contributed by atoms with E-state index in [1.165, 1.54) is 10.6 Å². The van der Waals surface area contributed by atoms with Gasteiger partial charge < -0.3 is 5.32 Å². The number of carbonyl (C=O) groups is 1. The van der Waals surface area contributed by atoms with Crippen LogP contribution in [0.4, 0.5) is 4.39 Å². The van der Waals surface area contributed by atoms with Crippen LogP contribution in [0.15, 0.2) is 34.4 Å². The monoisotopic (exact) mass is 294 g/mol. The SMILES string of the molecule is Cc1csc(=O)n1CC(=O)N[C@@H](C)c1ccccc1F. The zero-order valence-corrected chi connectivity index (χ0v) is 12.0. The first-order valence-electron chi connectivity index (χ1n) is 6.17. The summed E-state index contributed by atoms with van der Waals surface area (Å²) in [6.45, 7) is 3.43. The lowest BCUT2D eigenvalue weighted by Crippen LogP contribution is -2.33.